The van der Waals surface area contributed by atoms with Crippen LogP contribution in [-0.2, 0) is 9.47 Å². The summed E-state index contributed by atoms with van der Waals surface area (Å²) in [4.78, 5) is 0. The van der Waals surface area contributed by atoms with E-state index in [0.29, 0.717) is 55.1 Å². The summed E-state index contributed by atoms with van der Waals surface area (Å²) < 4.78 is 102. The Balaban J connectivity index is 1.09. The largest absolute Gasteiger partial charge is 0.432 e. The molecule has 45 heavy (non-hydrogen) atoms. The van der Waals surface area contributed by atoms with Gasteiger partial charge < -0.3 is 14.2 Å². The van der Waals surface area contributed by atoms with E-state index in [9.17, 15) is 22.0 Å². The molecule has 248 valence electrons. The summed E-state index contributed by atoms with van der Waals surface area (Å²) in [6.07, 6.45) is 6.43. The molecule has 0 radical (unpaired) electrons. The molecule has 0 aromatic heterocycles. The maximum atomic E-state index is 15.3. The van der Waals surface area contributed by atoms with Gasteiger partial charge in [-0.15, -0.1) is 0 Å². The van der Waals surface area contributed by atoms with Crippen molar-refractivity contribution >= 4 is 5.83 Å². The first-order valence-electron chi connectivity index (χ1n) is 16.5. The number of unbranched alkanes of at least 4 members (excludes halogenated alkanes) is 2. The third-order valence-electron chi connectivity index (χ3n) is 10.2. The van der Waals surface area contributed by atoms with E-state index in [2.05, 4.69) is 6.92 Å². The van der Waals surface area contributed by atoms with Gasteiger partial charge in [-0.05, 0) is 80.0 Å². The summed E-state index contributed by atoms with van der Waals surface area (Å²) >= 11 is 0. The van der Waals surface area contributed by atoms with Crippen molar-refractivity contribution in [3.05, 3.63) is 71.1 Å². The second-order valence-corrected chi connectivity index (χ2v) is 13.1. The average Bonchev–Trinajstić information content (AvgIpc) is 3.05. The molecule has 0 unspecified atom stereocenters. The van der Waals surface area contributed by atoms with Crippen molar-refractivity contribution in [3.63, 3.8) is 0 Å². The van der Waals surface area contributed by atoms with Crippen LogP contribution in [0, 0.1) is 35.3 Å². The molecule has 5 rings (SSSR count). The molecule has 1 aliphatic heterocycles. The molecule has 1 saturated heterocycles. The lowest BCUT2D eigenvalue weighted by atomic mass is 9.74. The highest BCUT2D eigenvalue weighted by Crippen LogP contribution is 2.45. The zero-order chi connectivity index (χ0) is 32.0. The van der Waals surface area contributed by atoms with E-state index in [1.807, 2.05) is 0 Å². The van der Waals surface area contributed by atoms with Crippen LogP contribution in [0.15, 0.2) is 42.7 Å². The molecular weight excluding hydrogens is 594 g/mol. The van der Waals surface area contributed by atoms with Crippen LogP contribution in [0.2, 0.25) is 0 Å². The van der Waals surface area contributed by atoms with Gasteiger partial charge in [0.2, 0.25) is 0 Å². The number of benzene rings is 2. The molecule has 0 bridgehead atoms. The van der Waals surface area contributed by atoms with Crippen molar-refractivity contribution < 1.29 is 40.6 Å². The summed E-state index contributed by atoms with van der Waals surface area (Å²) in [6, 6.07) is 7.36. The Bertz CT molecular complexity index is 1280. The highest BCUT2D eigenvalue weighted by Gasteiger charge is 2.44. The molecule has 0 N–H and O–H groups in total. The van der Waals surface area contributed by atoms with Gasteiger partial charge in [0.05, 0.1) is 19.1 Å². The second-order valence-electron chi connectivity index (χ2n) is 13.1. The summed E-state index contributed by atoms with van der Waals surface area (Å²) in [7, 11) is 0. The summed E-state index contributed by atoms with van der Waals surface area (Å²) in [5, 5.41) is 0. The Kier molecular flexibility index (Phi) is 11.6. The van der Waals surface area contributed by atoms with Crippen LogP contribution in [0.5, 0.6) is 5.75 Å². The van der Waals surface area contributed by atoms with E-state index in [1.54, 1.807) is 12.1 Å². The normalized spacial score (nSPS) is 28.2. The number of hydrogen-bond donors (Lipinski definition) is 0. The van der Waals surface area contributed by atoms with Gasteiger partial charge in [-0.1, -0.05) is 57.6 Å². The molecular formula is C36H44F6O3. The number of halogens is 6. The van der Waals surface area contributed by atoms with Crippen LogP contribution in [0.25, 0.3) is 5.83 Å². The Hall–Kier alpha value is -2.52. The summed E-state index contributed by atoms with van der Waals surface area (Å²) in [5.74, 6) is -3.12. The fraction of sp³-hybridized carbons (Fsp3) is 0.611. The molecule has 3 nitrogen and oxygen atoms in total. The van der Waals surface area contributed by atoms with Crippen LogP contribution >= 0.6 is 0 Å². The predicted molar refractivity (Wildman–Crippen MR) is 161 cm³/mol. The van der Waals surface area contributed by atoms with Gasteiger partial charge in [0.1, 0.15) is 23.7 Å². The molecule has 2 aromatic carbocycles. The van der Waals surface area contributed by atoms with E-state index >= 15 is 4.39 Å². The number of alkyl halides is 2. The molecule has 3 fully saturated rings. The second kappa shape index (κ2) is 15.4. The third kappa shape index (κ3) is 8.45. The lowest BCUT2D eigenvalue weighted by Gasteiger charge is -2.38. The minimum atomic E-state index is -3.61. The Morgan fingerprint density at radius 2 is 1.58 bits per heavy atom. The van der Waals surface area contributed by atoms with Gasteiger partial charge in [0.25, 0.3) is 0 Å². The van der Waals surface area contributed by atoms with Crippen molar-refractivity contribution in [1.29, 1.82) is 0 Å². The average molecular weight is 639 g/mol. The molecule has 1 heterocycles. The number of rotatable bonds is 11. The topological polar surface area (TPSA) is 27.7 Å². The zero-order valence-electron chi connectivity index (χ0n) is 25.9. The molecule has 2 aromatic rings. The van der Waals surface area contributed by atoms with Crippen LogP contribution in [0.4, 0.5) is 26.3 Å². The van der Waals surface area contributed by atoms with Gasteiger partial charge in [-0.2, -0.15) is 8.78 Å². The molecule has 0 amide bonds. The van der Waals surface area contributed by atoms with Gasteiger partial charge in [-0.3, -0.25) is 0 Å². The Morgan fingerprint density at radius 1 is 0.867 bits per heavy atom. The van der Waals surface area contributed by atoms with Crippen LogP contribution < -0.4 is 4.74 Å². The molecule has 0 spiro atoms. The van der Waals surface area contributed by atoms with Gasteiger partial charge in [0.15, 0.2) is 12.1 Å². The minimum Gasteiger partial charge on any atom is -0.432 e. The first-order valence-corrected chi connectivity index (χ1v) is 16.5. The Labute approximate surface area is 262 Å². The van der Waals surface area contributed by atoms with E-state index in [4.69, 9.17) is 14.2 Å². The molecule has 3 aliphatic rings. The van der Waals surface area contributed by atoms with Gasteiger partial charge >= 0.3 is 6.11 Å². The lowest BCUT2D eigenvalue weighted by Crippen LogP contribution is -2.37. The van der Waals surface area contributed by atoms with E-state index in [1.165, 1.54) is 57.4 Å². The monoisotopic (exact) mass is 638 g/mol. The molecule has 2 aliphatic carbocycles. The standard InChI is InChI=1S/C36H44F6O3/c1-2-3-4-5-23-6-8-24(9-7-23)27-21-43-35(44-22-27)26-12-16-30(32(38)18-26)25-10-13-28(14-11-25)36(41,42)45-29-15-17-31(33(39)19-29)34(40)20-37/h12,15-20,23-25,27-28,35H,2-11,13-14,21-22H2,1H3. The quantitative estimate of drug-likeness (QED) is 0.181. The maximum absolute atomic E-state index is 15.3. The number of hydrogen-bond acceptors (Lipinski definition) is 3. The smallest absolute Gasteiger partial charge is 0.400 e. The first-order chi connectivity index (χ1) is 21.7. The molecule has 9 heteroatoms. The van der Waals surface area contributed by atoms with E-state index in [-0.39, 0.29) is 18.8 Å². The van der Waals surface area contributed by atoms with E-state index in [0.717, 1.165) is 18.1 Å². The Morgan fingerprint density at radius 3 is 2.20 bits per heavy atom. The highest BCUT2D eigenvalue weighted by atomic mass is 19.3. The van der Waals surface area contributed by atoms with Crippen molar-refractivity contribution in [1.82, 2.24) is 0 Å². The van der Waals surface area contributed by atoms with Crippen molar-refractivity contribution in [3.8, 4) is 5.75 Å². The molecule has 0 atom stereocenters. The van der Waals surface area contributed by atoms with Gasteiger partial charge in [0, 0.05) is 23.1 Å². The van der Waals surface area contributed by atoms with Gasteiger partial charge in [-0.25, -0.2) is 17.6 Å². The zero-order valence-corrected chi connectivity index (χ0v) is 25.9. The summed E-state index contributed by atoms with van der Waals surface area (Å²) in [5.41, 5.74) is 0.410. The minimum absolute atomic E-state index is 0.0789. The highest BCUT2D eigenvalue weighted by molar-refractivity contribution is 5.59. The SMILES string of the molecule is CCCCCC1CCC(C2COC(c3ccc(C4CCC(C(F)(F)Oc5ccc(C(F)=CF)c(F)c5)CC4)c(F)c3)OC2)CC1. The van der Waals surface area contributed by atoms with Crippen molar-refractivity contribution in [2.45, 2.75) is 102 Å². The predicted octanol–water partition coefficient (Wildman–Crippen LogP) is 11.2. The van der Waals surface area contributed by atoms with Crippen LogP contribution in [-0.4, -0.2) is 19.3 Å². The third-order valence-corrected chi connectivity index (χ3v) is 10.2. The molecule has 2 saturated carbocycles. The van der Waals surface area contributed by atoms with Crippen molar-refractivity contribution in [2.24, 2.45) is 23.7 Å². The first kappa shape index (κ1) is 33.8. The van der Waals surface area contributed by atoms with Crippen molar-refractivity contribution in [2.75, 3.05) is 13.2 Å². The summed E-state index contributed by atoms with van der Waals surface area (Å²) in [6.45, 7) is 3.44. The fourth-order valence-corrected chi connectivity index (χ4v) is 7.43. The lowest BCUT2D eigenvalue weighted by molar-refractivity contribution is -0.222. The van der Waals surface area contributed by atoms with Crippen LogP contribution in [0.1, 0.15) is 113 Å². The number of ether oxygens (including phenoxy) is 3. The van der Waals surface area contributed by atoms with E-state index < -0.39 is 53.4 Å². The maximum Gasteiger partial charge on any atom is 0.400 e. The van der Waals surface area contributed by atoms with Crippen LogP contribution in [0.3, 0.4) is 0 Å². The fourth-order valence-electron chi connectivity index (χ4n) is 7.43.